The molecular weight excluding hydrogens is 697 g/mol. The molecule has 6 N–H and O–H groups in total. The molecule has 0 radical (unpaired) electrons. The zero-order valence-electron chi connectivity index (χ0n) is 31.0. The average molecular weight is 747 g/mol. The van der Waals surface area contributed by atoms with Gasteiger partial charge in [0.25, 0.3) is 0 Å². The third kappa shape index (κ3) is 9.17. The van der Waals surface area contributed by atoms with E-state index in [4.69, 9.17) is 15.2 Å². The minimum atomic E-state index is -0.604. The number of carbonyl (C=O) groups excluding carboxylic acids is 3. The fraction of sp³-hybridized carbons (Fsp3) is 0.372. The third-order valence-corrected chi connectivity index (χ3v) is 10.9. The molecule has 55 heavy (non-hydrogen) atoms. The molecule has 3 aliphatic rings. The van der Waals surface area contributed by atoms with Crippen LogP contribution in [0, 0.1) is 0 Å². The first-order valence-corrected chi connectivity index (χ1v) is 19.1. The molecule has 4 aromatic carbocycles. The van der Waals surface area contributed by atoms with Crippen molar-refractivity contribution in [2.45, 2.75) is 75.7 Å². The summed E-state index contributed by atoms with van der Waals surface area (Å²) in [4.78, 5) is 42.7. The van der Waals surface area contributed by atoms with Gasteiger partial charge in [-0.15, -0.1) is 0 Å². The highest BCUT2D eigenvalue weighted by atomic mass is 16.7. The van der Waals surface area contributed by atoms with E-state index in [2.05, 4.69) is 37.9 Å². The van der Waals surface area contributed by atoms with Crippen molar-refractivity contribution in [2.75, 3.05) is 42.3 Å². The number of nitrogens with two attached hydrogens (primary N) is 1. The minimum absolute atomic E-state index is 0.0228. The molecule has 12 nitrogen and oxygen atoms in total. The van der Waals surface area contributed by atoms with Crippen LogP contribution < -0.4 is 26.6 Å². The van der Waals surface area contributed by atoms with Crippen LogP contribution in [0.2, 0.25) is 0 Å². The van der Waals surface area contributed by atoms with Crippen molar-refractivity contribution in [1.29, 1.82) is 0 Å². The number of nitrogens with one attached hydrogen (secondary N) is 3. The maximum atomic E-state index is 13.2. The summed E-state index contributed by atoms with van der Waals surface area (Å²) in [5.41, 5.74) is 11.1. The molecule has 3 heterocycles. The van der Waals surface area contributed by atoms with Crippen molar-refractivity contribution in [2.24, 2.45) is 0 Å². The van der Waals surface area contributed by atoms with E-state index in [0.717, 1.165) is 53.9 Å². The van der Waals surface area contributed by atoms with Crippen molar-refractivity contribution in [3.63, 3.8) is 0 Å². The molecule has 3 atom stereocenters. The number of aliphatic hydroxyl groups is 1. The summed E-state index contributed by atoms with van der Waals surface area (Å²) >= 11 is 0. The number of hydrogen-bond donors (Lipinski definition) is 5. The van der Waals surface area contributed by atoms with E-state index in [-0.39, 0.29) is 49.4 Å². The lowest BCUT2D eigenvalue weighted by molar-refractivity contribution is -0.253. The van der Waals surface area contributed by atoms with Crippen LogP contribution in [0.5, 0.6) is 0 Å². The van der Waals surface area contributed by atoms with Crippen molar-refractivity contribution in [1.82, 2.24) is 15.5 Å². The average Bonchev–Trinajstić information content (AvgIpc) is 3.53. The summed E-state index contributed by atoms with van der Waals surface area (Å²) in [6.07, 6.45) is 2.05. The molecule has 12 heteroatoms. The quantitative estimate of drug-likeness (QED) is 0.117. The Morgan fingerprint density at radius 3 is 2.24 bits per heavy atom. The predicted molar refractivity (Wildman–Crippen MR) is 210 cm³/mol. The number of nitrogens with zero attached hydrogens (tertiary/aromatic N) is 2. The topological polar surface area (TPSA) is 158 Å². The molecule has 0 aromatic heterocycles. The molecule has 1 spiro atoms. The Morgan fingerprint density at radius 2 is 1.51 bits per heavy atom. The van der Waals surface area contributed by atoms with Gasteiger partial charge in [0.15, 0.2) is 6.29 Å². The van der Waals surface area contributed by atoms with Gasteiger partial charge in [-0.1, -0.05) is 78.9 Å². The Morgan fingerprint density at radius 1 is 0.836 bits per heavy atom. The molecule has 3 aliphatic heterocycles. The fourth-order valence-electron chi connectivity index (χ4n) is 7.77. The van der Waals surface area contributed by atoms with E-state index in [0.29, 0.717) is 44.0 Å². The van der Waals surface area contributed by atoms with E-state index in [9.17, 15) is 19.5 Å². The molecular formula is C43H50N6O6. The first-order valence-electron chi connectivity index (χ1n) is 19.1. The predicted octanol–water partition coefficient (Wildman–Crippen LogP) is 5.16. The van der Waals surface area contributed by atoms with Crippen molar-refractivity contribution in [3.05, 3.63) is 125 Å². The van der Waals surface area contributed by atoms with Crippen LogP contribution in [0.15, 0.2) is 103 Å². The Labute approximate surface area is 322 Å². The molecule has 0 bridgehead atoms. The Bertz CT molecular complexity index is 1920. The number of carbonyl (C=O) groups is 3. The van der Waals surface area contributed by atoms with Gasteiger partial charge in [0, 0.05) is 56.7 Å². The Kier molecular flexibility index (Phi) is 12.1. The first-order chi connectivity index (χ1) is 26.8. The number of amides is 3. The zero-order valence-corrected chi connectivity index (χ0v) is 31.0. The number of piperidine rings is 1. The smallest absolute Gasteiger partial charge is 0.247 e. The molecule has 4 aromatic rings. The van der Waals surface area contributed by atoms with Crippen LogP contribution in [-0.4, -0.2) is 65.7 Å². The van der Waals surface area contributed by atoms with Gasteiger partial charge < -0.3 is 46.1 Å². The number of anilines is 3. The molecule has 0 unspecified atom stereocenters. The highest BCUT2D eigenvalue weighted by molar-refractivity contribution is 5.94. The van der Waals surface area contributed by atoms with E-state index < -0.39 is 11.8 Å². The molecule has 288 valence electrons. The third-order valence-electron chi connectivity index (χ3n) is 10.9. The number of aliphatic hydroxyl groups excluding tert-OH is 1. The molecule has 0 saturated carbocycles. The van der Waals surface area contributed by atoms with Gasteiger partial charge in [-0.3, -0.25) is 14.4 Å². The SMILES string of the molecule is Nc1ccccc1NC(=O)CCCC(=O)NCc1ccc([C@@H]2O[C@H](CN3CCC4(CC3)C(=O)NCN4c3ccccc3)C[C@H](c3ccc(CO)cc3)O2)cc1. The van der Waals surface area contributed by atoms with Crippen LogP contribution in [-0.2, 0) is 37.0 Å². The number of ether oxygens (including phenoxy) is 2. The van der Waals surface area contributed by atoms with Gasteiger partial charge in [0.05, 0.1) is 36.9 Å². The fourth-order valence-corrected chi connectivity index (χ4v) is 7.77. The van der Waals surface area contributed by atoms with Gasteiger partial charge in [0.2, 0.25) is 17.7 Å². The van der Waals surface area contributed by atoms with E-state index >= 15 is 0 Å². The first kappa shape index (κ1) is 38.0. The van der Waals surface area contributed by atoms with Gasteiger partial charge in [-0.25, -0.2) is 0 Å². The zero-order chi connectivity index (χ0) is 38.2. The lowest BCUT2D eigenvalue weighted by Crippen LogP contribution is -2.57. The van der Waals surface area contributed by atoms with Gasteiger partial charge >= 0.3 is 0 Å². The number of hydrogen-bond acceptors (Lipinski definition) is 9. The number of likely N-dealkylation sites (tertiary alicyclic amines) is 1. The van der Waals surface area contributed by atoms with Gasteiger partial charge in [-0.05, 0) is 60.2 Å². The minimum Gasteiger partial charge on any atom is -0.397 e. The number of benzene rings is 4. The Balaban J connectivity index is 0.942. The summed E-state index contributed by atoms with van der Waals surface area (Å²) in [6.45, 7) is 3.10. The van der Waals surface area contributed by atoms with Crippen LogP contribution >= 0.6 is 0 Å². The highest BCUT2D eigenvalue weighted by Gasteiger charge is 2.50. The van der Waals surface area contributed by atoms with Gasteiger partial charge in [-0.2, -0.15) is 0 Å². The van der Waals surface area contributed by atoms with Crippen LogP contribution in [0.3, 0.4) is 0 Å². The second kappa shape index (κ2) is 17.5. The molecule has 3 amide bonds. The second-order valence-electron chi connectivity index (χ2n) is 14.6. The van der Waals surface area contributed by atoms with Crippen molar-refractivity contribution < 1.29 is 29.0 Å². The maximum Gasteiger partial charge on any atom is 0.247 e. The monoisotopic (exact) mass is 746 g/mol. The number of rotatable bonds is 13. The lowest BCUT2D eigenvalue weighted by Gasteiger charge is -2.45. The summed E-state index contributed by atoms with van der Waals surface area (Å²) in [5, 5.41) is 18.4. The summed E-state index contributed by atoms with van der Waals surface area (Å²) in [7, 11) is 0. The largest absolute Gasteiger partial charge is 0.397 e. The molecule has 7 rings (SSSR count). The summed E-state index contributed by atoms with van der Waals surface area (Å²) in [5.74, 6) is -0.210. The standard InChI is InChI=1S/C43H50N6O6/c44-36-9-4-5-10-37(36)47-40(52)12-6-11-39(51)45-26-30-13-19-33(20-14-30)41-54-35(25-38(55-41)32-17-15-31(28-50)16-18-32)27-48-23-21-43(22-24-48)42(53)46-29-49(43)34-7-2-1-3-8-34/h1-5,7-10,13-20,35,38,41,50H,6,11-12,21-29,44H2,(H,45,51)(H,46,53)(H,47,52)/t35-,38+,41+/m0/s1. The van der Waals surface area contributed by atoms with E-state index in [1.165, 1.54) is 0 Å². The van der Waals surface area contributed by atoms with Crippen molar-refractivity contribution >= 4 is 34.8 Å². The number of para-hydroxylation sites is 3. The Hall–Kier alpha value is -5.27. The lowest BCUT2D eigenvalue weighted by atomic mass is 9.85. The number of nitrogen functional groups attached to an aromatic ring is 1. The molecule has 0 aliphatic carbocycles. The second-order valence-corrected chi connectivity index (χ2v) is 14.6. The van der Waals surface area contributed by atoms with Crippen LogP contribution in [0.4, 0.5) is 17.1 Å². The van der Waals surface area contributed by atoms with Crippen molar-refractivity contribution in [3.8, 4) is 0 Å². The van der Waals surface area contributed by atoms with E-state index in [1.54, 1.807) is 24.3 Å². The van der Waals surface area contributed by atoms with E-state index in [1.807, 2.05) is 66.7 Å². The van der Waals surface area contributed by atoms with Crippen LogP contribution in [0.1, 0.15) is 73.2 Å². The maximum absolute atomic E-state index is 13.2. The van der Waals surface area contributed by atoms with Crippen LogP contribution in [0.25, 0.3) is 0 Å². The summed E-state index contributed by atoms with van der Waals surface area (Å²) in [6, 6.07) is 33.0. The highest BCUT2D eigenvalue weighted by Crippen LogP contribution is 2.40. The molecule has 3 fully saturated rings. The molecule has 3 saturated heterocycles. The normalized spacial score (nSPS) is 20.9. The summed E-state index contributed by atoms with van der Waals surface area (Å²) < 4.78 is 13.2. The van der Waals surface area contributed by atoms with Gasteiger partial charge in [0.1, 0.15) is 5.54 Å².